The highest BCUT2D eigenvalue weighted by Gasteiger charge is 2.39. The van der Waals surface area contributed by atoms with E-state index in [-0.39, 0.29) is 0 Å². The lowest BCUT2D eigenvalue weighted by molar-refractivity contribution is 0.00401. The summed E-state index contributed by atoms with van der Waals surface area (Å²) in [5, 5.41) is 9.31. The summed E-state index contributed by atoms with van der Waals surface area (Å²) >= 11 is 0. The van der Waals surface area contributed by atoms with Crippen LogP contribution in [0, 0.1) is 23.2 Å². The molecule has 0 radical (unpaired) electrons. The van der Waals surface area contributed by atoms with Crippen LogP contribution in [0.25, 0.3) is 0 Å². The van der Waals surface area contributed by atoms with E-state index in [2.05, 4.69) is 27.7 Å². The van der Waals surface area contributed by atoms with Gasteiger partial charge in [0.25, 0.3) is 0 Å². The second-order valence-corrected chi connectivity index (χ2v) is 5.15. The molecule has 0 aromatic carbocycles. The first kappa shape index (κ1) is 10.0. The second-order valence-electron chi connectivity index (χ2n) is 5.15. The van der Waals surface area contributed by atoms with Crippen molar-refractivity contribution in [3.63, 3.8) is 0 Å². The molecule has 0 bridgehead atoms. The van der Waals surface area contributed by atoms with E-state index in [0.29, 0.717) is 23.9 Å². The fraction of sp³-hybridized carbons (Fsp3) is 1.00. The summed E-state index contributed by atoms with van der Waals surface area (Å²) < 4.78 is 0. The maximum absolute atomic E-state index is 9.31. The third kappa shape index (κ3) is 1.66. The predicted molar refractivity (Wildman–Crippen MR) is 51.9 cm³/mol. The summed E-state index contributed by atoms with van der Waals surface area (Å²) in [5.74, 6) is 1.97. The topological polar surface area (TPSA) is 20.2 Å². The Bertz CT molecular complexity index is 151. The molecule has 0 saturated heterocycles. The molecule has 1 nitrogen and oxygen atoms in total. The molecular weight excluding hydrogens is 148 g/mol. The van der Waals surface area contributed by atoms with Crippen molar-refractivity contribution in [3.05, 3.63) is 0 Å². The molecule has 0 spiro atoms. The van der Waals surface area contributed by atoms with Crippen molar-refractivity contribution in [1.29, 1.82) is 0 Å². The lowest BCUT2D eigenvalue weighted by Crippen LogP contribution is -2.39. The summed E-state index contributed by atoms with van der Waals surface area (Å²) in [6, 6.07) is 0. The fourth-order valence-corrected chi connectivity index (χ4v) is 2.57. The molecule has 0 aromatic rings. The first-order chi connectivity index (χ1) is 5.49. The first-order valence-corrected chi connectivity index (χ1v) is 5.10. The summed E-state index contributed by atoms with van der Waals surface area (Å²) in [7, 11) is 0. The van der Waals surface area contributed by atoms with E-state index in [9.17, 15) is 5.11 Å². The van der Waals surface area contributed by atoms with E-state index in [1.807, 2.05) is 0 Å². The molecule has 1 rings (SSSR count). The molecule has 1 aliphatic carbocycles. The number of aliphatic hydroxyl groups is 1. The van der Waals surface area contributed by atoms with Gasteiger partial charge in [-0.25, -0.2) is 0 Å². The van der Waals surface area contributed by atoms with Gasteiger partial charge in [0.1, 0.15) is 0 Å². The molecule has 0 aromatic heterocycles. The highest BCUT2D eigenvalue weighted by molar-refractivity contribution is 4.88. The summed E-state index contributed by atoms with van der Waals surface area (Å²) in [5.41, 5.74) is 0.348. The normalized spacial score (nSPS) is 41.2. The fourth-order valence-electron chi connectivity index (χ4n) is 2.57. The zero-order valence-corrected chi connectivity index (χ0v) is 8.80. The first-order valence-electron chi connectivity index (χ1n) is 5.10. The van der Waals surface area contributed by atoms with Crippen LogP contribution in [0.2, 0.25) is 0 Å². The smallest absolute Gasteiger partial charge is 0.0467 e. The van der Waals surface area contributed by atoms with Crippen LogP contribution in [-0.4, -0.2) is 11.7 Å². The van der Waals surface area contributed by atoms with Crippen LogP contribution in [0.1, 0.15) is 40.5 Å². The molecule has 12 heavy (non-hydrogen) atoms. The minimum absolute atomic E-state index is 0.348. The Morgan fingerprint density at radius 3 is 2.33 bits per heavy atom. The Morgan fingerprint density at radius 2 is 1.92 bits per heavy atom. The Kier molecular flexibility index (Phi) is 2.82. The van der Waals surface area contributed by atoms with Crippen LogP contribution in [0.15, 0.2) is 0 Å². The van der Waals surface area contributed by atoms with Crippen LogP contribution in [0.3, 0.4) is 0 Å². The van der Waals surface area contributed by atoms with Gasteiger partial charge in [0.2, 0.25) is 0 Å². The zero-order valence-electron chi connectivity index (χ0n) is 8.80. The Labute approximate surface area is 76.2 Å². The third-order valence-corrected chi connectivity index (χ3v) is 3.98. The lowest BCUT2D eigenvalue weighted by atomic mass is 9.61. The van der Waals surface area contributed by atoms with Gasteiger partial charge in [-0.05, 0) is 36.0 Å². The predicted octanol–water partition coefficient (Wildman–Crippen LogP) is 2.69. The number of hydrogen-bond acceptors (Lipinski definition) is 1. The van der Waals surface area contributed by atoms with Gasteiger partial charge in [-0.1, -0.05) is 27.7 Å². The molecule has 3 unspecified atom stereocenters. The average Bonchev–Trinajstić information content (AvgIpc) is 1.99. The van der Waals surface area contributed by atoms with Crippen LogP contribution >= 0.6 is 0 Å². The number of rotatable bonds is 1. The minimum atomic E-state index is 0.348. The molecule has 3 atom stereocenters. The van der Waals surface area contributed by atoms with Crippen molar-refractivity contribution in [2.45, 2.75) is 40.5 Å². The minimum Gasteiger partial charge on any atom is -0.396 e. The number of aliphatic hydroxyl groups excluding tert-OH is 1. The molecule has 72 valence electrons. The highest BCUT2D eigenvalue weighted by Crippen LogP contribution is 2.45. The van der Waals surface area contributed by atoms with Crippen molar-refractivity contribution in [2.75, 3.05) is 6.61 Å². The molecule has 0 aliphatic heterocycles. The van der Waals surface area contributed by atoms with Gasteiger partial charge in [-0.2, -0.15) is 0 Å². The van der Waals surface area contributed by atoms with Crippen LogP contribution in [-0.2, 0) is 0 Å². The molecule has 1 N–H and O–H groups in total. The van der Waals surface area contributed by atoms with Crippen molar-refractivity contribution in [1.82, 2.24) is 0 Å². The molecule has 0 amide bonds. The van der Waals surface area contributed by atoms with Crippen LogP contribution in [0.5, 0.6) is 0 Å². The van der Waals surface area contributed by atoms with Gasteiger partial charge in [0.15, 0.2) is 0 Å². The second kappa shape index (κ2) is 3.37. The van der Waals surface area contributed by atoms with Gasteiger partial charge < -0.3 is 5.11 Å². The molecule has 1 fully saturated rings. The monoisotopic (exact) mass is 170 g/mol. The van der Waals surface area contributed by atoms with Gasteiger partial charge in [0, 0.05) is 6.61 Å². The SMILES string of the molecule is CC1CCC(C)(C)C(CO)C1C. The lowest BCUT2D eigenvalue weighted by Gasteiger charge is -2.45. The molecular formula is C11H22O. The summed E-state index contributed by atoms with van der Waals surface area (Å²) in [6.45, 7) is 9.53. The highest BCUT2D eigenvalue weighted by atomic mass is 16.3. The maximum Gasteiger partial charge on any atom is 0.0467 e. The van der Waals surface area contributed by atoms with Crippen LogP contribution < -0.4 is 0 Å². The molecule has 1 aliphatic rings. The van der Waals surface area contributed by atoms with Crippen LogP contribution in [0.4, 0.5) is 0 Å². The Balaban J connectivity index is 2.72. The molecule has 1 heteroatoms. The largest absolute Gasteiger partial charge is 0.396 e. The standard InChI is InChI=1S/C11H22O/c1-8-5-6-11(3,4)10(7-12)9(8)2/h8-10,12H,5-7H2,1-4H3. The Hall–Kier alpha value is -0.0400. The van der Waals surface area contributed by atoms with Gasteiger partial charge in [-0.15, -0.1) is 0 Å². The van der Waals surface area contributed by atoms with Crippen molar-refractivity contribution < 1.29 is 5.11 Å². The van der Waals surface area contributed by atoms with Crippen molar-refractivity contribution in [3.8, 4) is 0 Å². The van der Waals surface area contributed by atoms with Crippen molar-refractivity contribution >= 4 is 0 Å². The van der Waals surface area contributed by atoms with E-state index < -0.39 is 0 Å². The maximum atomic E-state index is 9.31. The molecule has 1 saturated carbocycles. The van der Waals surface area contributed by atoms with E-state index in [1.54, 1.807) is 0 Å². The van der Waals surface area contributed by atoms with E-state index in [1.165, 1.54) is 12.8 Å². The number of hydrogen-bond donors (Lipinski definition) is 1. The van der Waals surface area contributed by atoms with Crippen molar-refractivity contribution in [2.24, 2.45) is 23.2 Å². The quantitative estimate of drug-likeness (QED) is 0.641. The van der Waals surface area contributed by atoms with Gasteiger partial charge in [0.05, 0.1) is 0 Å². The van der Waals surface area contributed by atoms with Gasteiger partial charge in [-0.3, -0.25) is 0 Å². The summed E-state index contributed by atoms with van der Waals surface area (Å²) in [6.07, 6.45) is 2.59. The molecule has 0 heterocycles. The van der Waals surface area contributed by atoms with E-state index in [0.717, 1.165) is 5.92 Å². The average molecular weight is 170 g/mol. The third-order valence-electron chi connectivity index (χ3n) is 3.98. The van der Waals surface area contributed by atoms with Gasteiger partial charge >= 0.3 is 0 Å². The van der Waals surface area contributed by atoms with E-state index >= 15 is 0 Å². The van der Waals surface area contributed by atoms with E-state index in [4.69, 9.17) is 0 Å². The summed E-state index contributed by atoms with van der Waals surface area (Å²) in [4.78, 5) is 0. The Morgan fingerprint density at radius 1 is 1.33 bits per heavy atom. The zero-order chi connectivity index (χ0) is 9.35.